The van der Waals surface area contributed by atoms with Crippen LogP contribution in [0.15, 0.2) is 376 Å². The van der Waals surface area contributed by atoms with Crippen molar-refractivity contribution < 1.29 is 0 Å². The van der Waals surface area contributed by atoms with Crippen LogP contribution in [0.4, 0.5) is 0 Å². The van der Waals surface area contributed by atoms with E-state index in [1.165, 1.54) is 130 Å². The van der Waals surface area contributed by atoms with Crippen molar-refractivity contribution in [2.24, 2.45) is 0 Å². The van der Waals surface area contributed by atoms with Crippen LogP contribution in [0.5, 0.6) is 0 Å². The largest absolute Gasteiger partial charge is 0.0623 e. The third-order valence-corrected chi connectivity index (χ3v) is 16.3. The van der Waals surface area contributed by atoms with Gasteiger partial charge >= 0.3 is 0 Å². The van der Waals surface area contributed by atoms with Crippen LogP contribution in [0.3, 0.4) is 0 Å². The van der Waals surface area contributed by atoms with E-state index in [4.69, 9.17) is 0 Å². The van der Waals surface area contributed by atoms with E-state index >= 15 is 0 Å². The van der Waals surface area contributed by atoms with Gasteiger partial charge in [0.2, 0.25) is 0 Å². The van der Waals surface area contributed by atoms with E-state index in [-0.39, 0.29) is 0 Å². The van der Waals surface area contributed by atoms with Gasteiger partial charge in [0, 0.05) is 0 Å². The predicted octanol–water partition coefficient (Wildman–Crippen LogP) is 24.3. The summed E-state index contributed by atoms with van der Waals surface area (Å²) in [5, 5.41) is 26.6. The molecule has 1 aliphatic carbocycles. The van der Waals surface area contributed by atoms with Crippen molar-refractivity contribution in [3.05, 3.63) is 387 Å². The van der Waals surface area contributed by atoms with Crippen LogP contribution in [0.1, 0.15) is 11.1 Å². The minimum Gasteiger partial charge on any atom is -0.0623 e. The van der Waals surface area contributed by atoms with E-state index in [2.05, 4.69) is 340 Å². The molecule has 0 N–H and O–H groups in total. The van der Waals surface area contributed by atoms with Crippen molar-refractivity contribution in [2.75, 3.05) is 0 Å². The molecule has 18 aromatic carbocycles. The molecule has 0 nitrogen and oxygen atoms in total. The first-order valence-corrected chi connectivity index (χ1v) is 30.0. The molecule has 0 aliphatic heterocycles. The molecule has 1 aliphatic rings. The van der Waals surface area contributed by atoms with E-state index < -0.39 is 0 Å². The molecule has 19 rings (SSSR count). The molecule has 0 bridgehead atoms. The molecule has 0 fully saturated rings. The summed E-state index contributed by atoms with van der Waals surface area (Å²) in [6.45, 7) is 0. The van der Waals surface area contributed by atoms with Gasteiger partial charge in [-0.1, -0.05) is 352 Å². The zero-order valence-electron chi connectivity index (χ0n) is 48.5. The maximum Gasteiger partial charge on any atom is -0.00135 e. The van der Waals surface area contributed by atoms with E-state index in [1.807, 2.05) is 36.4 Å². The number of benzene rings is 18. The lowest BCUT2D eigenvalue weighted by molar-refractivity contribution is 1.26. The molecule has 412 valence electrons. The summed E-state index contributed by atoms with van der Waals surface area (Å²) in [5.41, 5.74) is 5.75. The van der Waals surface area contributed by atoms with Crippen LogP contribution in [0.2, 0.25) is 0 Å². The fourth-order valence-corrected chi connectivity index (χ4v) is 12.0. The molecule has 0 heteroatoms. The molecular weight excluding hydrogens is 1040 g/mol. The van der Waals surface area contributed by atoms with E-state index in [0.717, 1.165) is 6.42 Å². The van der Waals surface area contributed by atoms with E-state index in [1.54, 1.807) is 0 Å². The molecule has 0 saturated carbocycles. The van der Waals surface area contributed by atoms with Gasteiger partial charge in [-0.25, -0.2) is 0 Å². The fourth-order valence-electron chi connectivity index (χ4n) is 12.0. The number of rotatable bonds is 0. The van der Waals surface area contributed by atoms with E-state index in [9.17, 15) is 0 Å². The maximum atomic E-state index is 2.24. The Hall–Kier alpha value is -11.2. The Morgan fingerprint density at radius 1 is 0.138 bits per heavy atom. The van der Waals surface area contributed by atoms with Gasteiger partial charge in [-0.15, -0.1) is 0 Å². The third-order valence-electron chi connectivity index (χ3n) is 16.3. The summed E-state index contributed by atoms with van der Waals surface area (Å²) in [6.07, 6.45) is 1.10. The third kappa shape index (κ3) is 12.8. The van der Waals surface area contributed by atoms with Crippen molar-refractivity contribution in [2.45, 2.75) is 6.42 Å². The highest BCUT2D eigenvalue weighted by Gasteiger charge is 2.16. The monoisotopic (exact) mass is 1110 g/mol. The molecule has 18 aromatic rings. The number of fused-ring (bicyclic) bond motifs is 11. The normalized spacial score (nSPS) is 10.9. The topological polar surface area (TPSA) is 0 Å². The summed E-state index contributed by atoms with van der Waals surface area (Å²) < 4.78 is 0. The van der Waals surface area contributed by atoms with Gasteiger partial charge < -0.3 is 0 Å². The van der Waals surface area contributed by atoms with Gasteiger partial charge in [0.05, 0.1) is 0 Å². The van der Waals surface area contributed by atoms with Crippen LogP contribution >= 0.6 is 0 Å². The Morgan fingerprint density at radius 3 is 0.632 bits per heavy atom. The van der Waals surface area contributed by atoms with Crippen LogP contribution in [0, 0.1) is 0 Å². The van der Waals surface area contributed by atoms with Crippen molar-refractivity contribution >= 4 is 108 Å². The molecule has 0 radical (unpaired) electrons. The maximum absolute atomic E-state index is 2.24. The second-order valence-electron chi connectivity index (χ2n) is 21.9. The zero-order chi connectivity index (χ0) is 58.4. The first kappa shape index (κ1) is 55.0. The second-order valence-corrected chi connectivity index (χ2v) is 21.9. The molecule has 0 aromatic heterocycles. The Balaban J connectivity index is 0.0000000951. The van der Waals surface area contributed by atoms with Crippen LogP contribution in [-0.4, -0.2) is 0 Å². The Labute approximate surface area is 509 Å². The molecule has 0 atom stereocenters. The van der Waals surface area contributed by atoms with Gasteiger partial charge in [0.15, 0.2) is 0 Å². The highest BCUT2D eigenvalue weighted by atomic mass is 14.2. The first-order valence-electron chi connectivity index (χ1n) is 30.0. The minimum atomic E-state index is 1.10. The lowest BCUT2D eigenvalue weighted by Crippen LogP contribution is -1.82. The molecule has 0 saturated heterocycles. The average Bonchev–Trinajstić information content (AvgIpc) is 4.20. The smallest absolute Gasteiger partial charge is 0.00135 e. The van der Waals surface area contributed by atoms with Crippen molar-refractivity contribution in [3.8, 4) is 11.1 Å². The molecule has 87 heavy (non-hydrogen) atoms. The zero-order valence-corrected chi connectivity index (χ0v) is 48.5. The Kier molecular flexibility index (Phi) is 16.8. The number of hydrogen-bond acceptors (Lipinski definition) is 0. The molecule has 0 amide bonds. The van der Waals surface area contributed by atoms with Gasteiger partial charge in [0.25, 0.3) is 0 Å². The Morgan fingerprint density at radius 2 is 0.345 bits per heavy atom. The lowest BCUT2D eigenvalue weighted by atomic mass is 9.95. The van der Waals surface area contributed by atoms with Gasteiger partial charge in [-0.3, -0.25) is 0 Å². The van der Waals surface area contributed by atoms with Gasteiger partial charge in [0.1, 0.15) is 0 Å². The summed E-state index contributed by atoms with van der Waals surface area (Å²) in [4.78, 5) is 0. The standard InChI is InChI=1S/C16H10.3C14H10.C13H10.C10H8.C6H6/c1-3-11-7-9-13-5-2-6-14-10-8-12(4-1)15(11)16(13)14;1-3-7-13-11(5-1)9-10-12-6-2-4-8-14(12)13;2*1-2-6-12-10-14-8-4-3-7-13(14)9-11(12)5-1;1-3-7-12-10(5-1)9-11-6-2-4-8-13(11)12;1-2-6-10-8-4-3-7-9(10)5-1;1-2-4-6-5-3-1/h1-10H;3*1-10H;1-8H,9H2;1-8H;1-6H. The highest BCUT2D eigenvalue weighted by molar-refractivity contribution is 6.23. The first-order chi connectivity index (χ1) is 43.2. The lowest BCUT2D eigenvalue weighted by Gasteiger charge is -2.09. The summed E-state index contributed by atoms with van der Waals surface area (Å²) in [7, 11) is 0. The second kappa shape index (κ2) is 26.6. The Bertz CT molecular complexity index is 4610. The van der Waals surface area contributed by atoms with Crippen LogP contribution in [0.25, 0.3) is 119 Å². The van der Waals surface area contributed by atoms with Gasteiger partial charge in [-0.2, -0.15) is 0 Å². The minimum absolute atomic E-state index is 1.10. The van der Waals surface area contributed by atoms with Crippen molar-refractivity contribution in [1.82, 2.24) is 0 Å². The summed E-state index contributed by atoms with van der Waals surface area (Å²) in [6, 6.07) is 132. The highest BCUT2D eigenvalue weighted by Crippen LogP contribution is 2.37. The van der Waals surface area contributed by atoms with Crippen LogP contribution in [-0.2, 0) is 6.42 Å². The number of hydrogen-bond donors (Lipinski definition) is 0. The molecule has 0 spiro atoms. The van der Waals surface area contributed by atoms with Crippen molar-refractivity contribution in [3.63, 3.8) is 0 Å². The van der Waals surface area contributed by atoms with Gasteiger partial charge in [-0.05, 0) is 161 Å². The SMILES string of the molecule is c1cc2ccc3cccc4ccc(c1)c2c34.c1ccc2c(c1)Cc1ccccc1-2.c1ccc2c(c1)ccc1ccccc12.c1ccc2cc3ccccc3cc2c1.c1ccc2cc3ccccc3cc2c1.c1ccc2ccccc2c1.c1ccccc1. The molecule has 0 unspecified atom stereocenters. The molecule has 0 heterocycles. The fraction of sp³-hybridized carbons (Fsp3) is 0.0115. The summed E-state index contributed by atoms with van der Waals surface area (Å²) in [5.74, 6) is 0. The quantitative estimate of drug-likeness (QED) is 0.105. The molecular formula is C87H64. The summed E-state index contributed by atoms with van der Waals surface area (Å²) >= 11 is 0. The average molecular weight is 1110 g/mol. The predicted molar refractivity (Wildman–Crippen MR) is 380 cm³/mol. The van der Waals surface area contributed by atoms with Crippen LogP contribution < -0.4 is 0 Å². The van der Waals surface area contributed by atoms with E-state index in [0.29, 0.717) is 0 Å². The van der Waals surface area contributed by atoms with Crippen molar-refractivity contribution in [1.29, 1.82) is 0 Å².